The summed E-state index contributed by atoms with van der Waals surface area (Å²) in [6.45, 7) is 2.90. The molecule has 0 radical (unpaired) electrons. The van der Waals surface area contributed by atoms with E-state index < -0.39 is 40.1 Å². The number of piperidine rings is 2. The van der Waals surface area contributed by atoms with Crippen molar-refractivity contribution in [3.05, 3.63) is 69.3 Å². The van der Waals surface area contributed by atoms with Crippen molar-refractivity contribution in [2.75, 3.05) is 32.7 Å². The third-order valence-electron chi connectivity index (χ3n) is 7.21. The van der Waals surface area contributed by atoms with E-state index >= 15 is 0 Å². The lowest BCUT2D eigenvalue weighted by molar-refractivity contribution is -0.388. The van der Waals surface area contributed by atoms with Crippen LogP contribution in [0.25, 0.3) is 0 Å². The second kappa shape index (κ2) is 11.6. The number of rotatable bonds is 7. The Morgan fingerprint density at radius 1 is 0.974 bits per heavy atom. The van der Waals surface area contributed by atoms with Crippen molar-refractivity contribution >= 4 is 11.6 Å². The molecule has 2 aliphatic rings. The summed E-state index contributed by atoms with van der Waals surface area (Å²) in [5, 5.41) is 10.9. The number of nitro groups is 1. The molecule has 1 amide bonds. The molecule has 0 unspecified atom stereocenters. The maximum atomic E-state index is 13.5. The monoisotopic (exact) mass is 541 g/mol. The van der Waals surface area contributed by atoms with Crippen LogP contribution in [0.2, 0.25) is 0 Å². The third-order valence-corrected chi connectivity index (χ3v) is 7.21. The summed E-state index contributed by atoms with van der Waals surface area (Å²) >= 11 is 0. The van der Waals surface area contributed by atoms with Gasteiger partial charge in [-0.05, 0) is 61.7 Å². The minimum Gasteiger partial charge on any atom is -0.490 e. The van der Waals surface area contributed by atoms with Crippen LogP contribution in [0.3, 0.4) is 0 Å². The van der Waals surface area contributed by atoms with Crippen molar-refractivity contribution in [3.8, 4) is 5.75 Å². The number of hydrogen-bond acceptors (Lipinski definition) is 5. The minimum atomic E-state index is -4.88. The van der Waals surface area contributed by atoms with Crippen molar-refractivity contribution in [1.82, 2.24) is 9.80 Å². The molecule has 12 heteroatoms. The number of nitrogens with zero attached hydrogens (tertiary/aromatic N) is 3. The van der Waals surface area contributed by atoms with Gasteiger partial charge in [-0.2, -0.15) is 13.2 Å². The lowest BCUT2D eigenvalue weighted by Crippen LogP contribution is -2.43. The van der Waals surface area contributed by atoms with E-state index in [0.717, 1.165) is 49.7 Å². The van der Waals surface area contributed by atoms with E-state index in [0.29, 0.717) is 45.0 Å². The molecule has 2 saturated heterocycles. The van der Waals surface area contributed by atoms with Gasteiger partial charge in [0.15, 0.2) is 11.6 Å². The van der Waals surface area contributed by atoms with Crippen LogP contribution in [0, 0.1) is 21.7 Å². The Balaban J connectivity index is 1.21. The van der Waals surface area contributed by atoms with Gasteiger partial charge in [-0.25, -0.2) is 8.78 Å². The van der Waals surface area contributed by atoms with Gasteiger partial charge < -0.3 is 14.5 Å². The molecule has 0 aromatic heterocycles. The molecule has 7 nitrogen and oxygen atoms in total. The fourth-order valence-electron chi connectivity index (χ4n) is 5.06. The third kappa shape index (κ3) is 6.77. The molecule has 0 saturated carbocycles. The van der Waals surface area contributed by atoms with Gasteiger partial charge in [-0.1, -0.05) is 6.07 Å². The first-order valence-corrected chi connectivity index (χ1v) is 12.5. The summed E-state index contributed by atoms with van der Waals surface area (Å²) in [6, 6.07) is 6.61. The van der Waals surface area contributed by atoms with Crippen LogP contribution < -0.4 is 4.74 Å². The molecular weight excluding hydrogens is 513 g/mol. The molecule has 2 fully saturated rings. The van der Waals surface area contributed by atoms with E-state index in [9.17, 15) is 36.9 Å². The normalized spacial score (nSPS) is 18.0. The molecule has 2 aromatic rings. The zero-order chi connectivity index (χ0) is 27.4. The first-order chi connectivity index (χ1) is 18.0. The first-order valence-electron chi connectivity index (χ1n) is 12.5. The topological polar surface area (TPSA) is 75.9 Å². The lowest BCUT2D eigenvalue weighted by atomic mass is 9.89. The molecule has 0 spiro atoms. The molecular formula is C26H28F5N3O4. The summed E-state index contributed by atoms with van der Waals surface area (Å²) in [7, 11) is 0. The van der Waals surface area contributed by atoms with E-state index in [4.69, 9.17) is 4.74 Å². The number of carbonyl (C=O) groups is 1. The van der Waals surface area contributed by atoms with Crippen LogP contribution in [0.4, 0.5) is 27.6 Å². The second-order valence-corrected chi connectivity index (χ2v) is 9.67. The van der Waals surface area contributed by atoms with Gasteiger partial charge in [-0.15, -0.1) is 0 Å². The number of nitro benzene ring substituents is 1. The second-order valence-electron chi connectivity index (χ2n) is 9.67. The van der Waals surface area contributed by atoms with Crippen LogP contribution in [0.1, 0.15) is 49.1 Å². The fraction of sp³-hybridized carbons (Fsp3) is 0.500. The Hall–Kier alpha value is -3.28. The predicted octanol–water partition coefficient (Wildman–Crippen LogP) is 5.53. The molecule has 0 aliphatic carbocycles. The number of likely N-dealkylation sites (tertiary alicyclic amines) is 2. The fourth-order valence-corrected chi connectivity index (χ4v) is 5.06. The van der Waals surface area contributed by atoms with Crippen molar-refractivity contribution in [2.24, 2.45) is 0 Å². The number of benzene rings is 2. The molecule has 2 aromatic carbocycles. The number of ether oxygens (including phenoxy) is 1. The Bertz CT molecular complexity index is 1160. The number of halogens is 5. The zero-order valence-electron chi connectivity index (χ0n) is 20.6. The molecule has 0 N–H and O–H groups in total. The standard InChI is InChI=1S/C26H28F5N3O4/c27-22-3-1-18(15-23(22)28)17-5-10-32(11-6-17)12-9-25(35)33-13-7-19(8-14-33)38-20-2-4-24(34(36)37)21(16-20)26(29,30)31/h1-4,15-17,19H,5-14H2. The summed E-state index contributed by atoms with van der Waals surface area (Å²) in [5.41, 5.74) is -1.60. The molecule has 206 valence electrons. The number of alkyl halides is 3. The highest BCUT2D eigenvalue weighted by molar-refractivity contribution is 5.76. The SMILES string of the molecule is O=C(CCN1CCC(c2ccc(F)c(F)c2)CC1)N1CCC(Oc2ccc([N+](=O)[O-])c(C(F)(F)F)c2)CC1. The summed E-state index contributed by atoms with van der Waals surface area (Å²) in [6.07, 6.45) is -2.50. The molecule has 2 heterocycles. The Kier molecular flexibility index (Phi) is 8.49. The summed E-state index contributed by atoms with van der Waals surface area (Å²) in [5.74, 6) is -1.66. The van der Waals surface area contributed by atoms with Gasteiger partial charge in [0, 0.05) is 45.0 Å². The van der Waals surface area contributed by atoms with Crippen LogP contribution in [-0.2, 0) is 11.0 Å². The molecule has 0 atom stereocenters. The van der Waals surface area contributed by atoms with Crippen LogP contribution in [0.5, 0.6) is 5.75 Å². The van der Waals surface area contributed by atoms with Crippen molar-refractivity contribution in [2.45, 2.75) is 50.3 Å². The Labute approximate surface area is 216 Å². The van der Waals surface area contributed by atoms with Crippen LogP contribution >= 0.6 is 0 Å². The summed E-state index contributed by atoms with van der Waals surface area (Å²) < 4.78 is 72.0. The van der Waals surface area contributed by atoms with Gasteiger partial charge in [0.25, 0.3) is 5.69 Å². The number of hydrogen-bond donors (Lipinski definition) is 0. The number of carbonyl (C=O) groups excluding carboxylic acids is 1. The minimum absolute atomic E-state index is 0.0131. The highest BCUT2D eigenvalue weighted by Crippen LogP contribution is 2.38. The molecule has 4 rings (SSSR count). The molecule has 2 aliphatic heterocycles. The average Bonchev–Trinajstić information content (AvgIpc) is 2.89. The first kappa shape index (κ1) is 27.7. The van der Waals surface area contributed by atoms with E-state index in [1.165, 1.54) is 6.07 Å². The lowest BCUT2D eigenvalue weighted by Gasteiger charge is -2.34. The van der Waals surface area contributed by atoms with Crippen LogP contribution in [0.15, 0.2) is 36.4 Å². The largest absolute Gasteiger partial charge is 0.490 e. The highest BCUT2D eigenvalue weighted by atomic mass is 19.4. The Morgan fingerprint density at radius 3 is 2.26 bits per heavy atom. The maximum Gasteiger partial charge on any atom is 0.423 e. The zero-order valence-corrected chi connectivity index (χ0v) is 20.6. The van der Waals surface area contributed by atoms with Gasteiger partial charge in [0.1, 0.15) is 17.4 Å². The maximum absolute atomic E-state index is 13.5. The van der Waals surface area contributed by atoms with Gasteiger partial charge >= 0.3 is 6.18 Å². The van der Waals surface area contributed by atoms with E-state index in [1.807, 2.05) is 0 Å². The summed E-state index contributed by atoms with van der Waals surface area (Å²) in [4.78, 5) is 26.4. The molecule has 0 bridgehead atoms. The van der Waals surface area contributed by atoms with Crippen molar-refractivity contribution < 1.29 is 36.4 Å². The quantitative estimate of drug-likeness (QED) is 0.262. The highest BCUT2D eigenvalue weighted by Gasteiger charge is 2.39. The van der Waals surface area contributed by atoms with Gasteiger partial charge in [0.05, 0.1) is 4.92 Å². The average molecular weight is 542 g/mol. The van der Waals surface area contributed by atoms with Crippen LogP contribution in [-0.4, -0.2) is 59.5 Å². The van der Waals surface area contributed by atoms with E-state index in [2.05, 4.69) is 4.90 Å². The van der Waals surface area contributed by atoms with Crippen molar-refractivity contribution in [3.63, 3.8) is 0 Å². The Morgan fingerprint density at radius 2 is 1.66 bits per heavy atom. The number of amides is 1. The molecule has 38 heavy (non-hydrogen) atoms. The van der Waals surface area contributed by atoms with Gasteiger partial charge in [-0.3, -0.25) is 14.9 Å². The van der Waals surface area contributed by atoms with E-state index in [-0.39, 0.29) is 17.6 Å². The van der Waals surface area contributed by atoms with Gasteiger partial charge in [0.2, 0.25) is 5.91 Å². The predicted molar refractivity (Wildman–Crippen MR) is 128 cm³/mol. The van der Waals surface area contributed by atoms with E-state index in [1.54, 1.807) is 11.0 Å². The smallest absolute Gasteiger partial charge is 0.423 e. The van der Waals surface area contributed by atoms with Crippen molar-refractivity contribution in [1.29, 1.82) is 0 Å².